The second-order valence-corrected chi connectivity index (χ2v) is 4.12. The third-order valence-corrected chi connectivity index (χ3v) is 2.90. The first-order valence-electron chi connectivity index (χ1n) is 5.79. The third kappa shape index (κ3) is 3.70. The van der Waals surface area contributed by atoms with Crippen molar-refractivity contribution in [3.63, 3.8) is 0 Å². The molecule has 0 saturated heterocycles. The molecule has 1 aromatic heterocycles. The number of hydrogen-bond acceptors (Lipinski definition) is 2. The molecule has 0 aliphatic carbocycles. The Bertz CT molecular complexity index is 308. The van der Waals surface area contributed by atoms with Gasteiger partial charge in [0.1, 0.15) is 0 Å². The van der Waals surface area contributed by atoms with E-state index in [2.05, 4.69) is 5.32 Å². The molecule has 3 N–H and O–H groups in total. The molecule has 1 heterocycles. The molecule has 0 bridgehead atoms. The lowest BCUT2D eigenvalue weighted by Gasteiger charge is -2.17. The van der Waals surface area contributed by atoms with Gasteiger partial charge in [-0.2, -0.15) is 0 Å². The summed E-state index contributed by atoms with van der Waals surface area (Å²) < 4.78 is 2.02. The van der Waals surface area contributed by atoms with E-state index in [1.165, 1.54) is 0 Å². The second-order valence-electron chi connectivity index (χ2n) is 4.12. The Morgan fingerprint density at radius 3 is 2.62 bits per heavy atom. The van der Waals surface area contributed by atoms with Gasteiger partial charge in [0.15, 0.2) is 0 Å². The van der Waals surface area contributed by atoms with Gasteiger partial charge in [0, 0.05) is 25.5 Å². The van der Waals surface area contributed by atoms with E-state index in [0.717, 1.165) is 13.0 Å². The normalized spacial score (nSPS) is 14.4. The molecule has 0 aliphatic rings. The summed E-state index contributed by atoms with van der Waals surface area (Å²) in [6, 6.07) is 3.54. The minimum atomic E-state index is -0.394. The number of hydrogen-bond donors (Lipinski definition) is 2. The number of nitrogens with two attached hydrogens (primary N) is 1. The van der Waals surface area contributed by atoms with Crippen LogP contribution >= 0.6 is 0 Å². The van der Waals surface area contributed by atoms with Crippen LogP contribution in [0.1, 0.15) is 20.3 Å². The van der Waals surface area contributed by atoms with Gasteiger partial charge in [0.2, 0.25) is 5.91 Å². The van der Waals surface area contributed by atoms with Crippen molar-refractivity contribution in [2.45, 2.75) is 32.9 Å². The molecule has 1 unspecified atom stereocenters. The highest BCUT2D eigenvalue weighted by Crippen LogP contribution is 2.04. The average molecular weight is 223 g/mol. The molecule has 0 aliphatic heterocycles. The summed E-state index contributed by atoms with van der Waals surface area (Å²) in [6.07, 6.45) is 4.87. The Morgan fingerprint density at radius 1 is 1.44 bits per heavy atom. The van der Waals surface area contributed by atoms with Crippen molar-refractivity contribution in [1.29, 1.82) is 0 Å². The van der Waals surface area contributed by atoms with E-state index in [1.54, 1.807) is 0 Å². The molecule has 1 aromatic rings. The van der Waals surface area contributed by atoms with E-state index in [9.17, 15) is 4.79 Å². The summed E-state index contributed by atoms with van der Waals surface area (Å²) in [5, 5.41) is 2.85. The molecule has 1 amide bonds. The van der Waals surface area contributed by atoms with Crippen molar-refractivity contribution in [1.82, 2.24) is 9.88 Å². The number of rotatable bonds is 6. The van der Waals surface area contributed by atoms with Crippen molar-refractivity contribution in [3.8, 4) is 0 Å². The number of aromatic nitrogens is 1. The van der Waals surface area contributed by atoms with Crippen molar-refractivity contribution in [2.24, 2.45) is 11.7 Å². The van der Waals surface area contributed by atoms with Crippen LogP contribution in [0, 0.1) is 5.92 Å². The highest BCUT2D eigenvalue weighted by atomic mass is 16.2. The van der Waals surface area contributed by atoms with E-state index in [4.69, 9.17) is 5.73 Å². The molecule has 0 fully saturated rings. The molecule has 16 heavy (non-hydrogen) atoms. The van der Waals surface area contributed by atoms with Crippen LogP contribution in [0.25, 0.3) is 0 Å². The predicted octanol–water partition coefficient (Wildman–Crippen LogP) is 0.978. The fraction of sp³-hybridized carbons (Fsp3) is 0.583. The molecule has 90 valence electrons. The first kappa shape index (κ1) is 12.8. The van der Waals surface area contributed by atoms with Crippen LogP contribution in [0.15, 0.2) is 24.5 Å². The number of nitrogens with one attached hydrogen (secondary N) is 1. The van der Waals surface area contributed by atoms with Crippen LogP contribution < -0.4 is 11.1 Å². The smallest absolute Gasteiger partial charge is 0.237 e. The van der Waals surface area contributed by atoms with Crippen LogP contribution in [0.5, 0.6) is 0 Å². The lowest BCUT2D eigenvalue weighted by molar-refractivity contribution is -0.123. The van der Waals surface area contributed by atoms with Crippen LogP contribution in [0.4, 0.5) is 0 Å². The minimum Gasteiger partial charge on any atom is -0.353 e. The molecule has 0 radical (unpaired) electrons. The molecule has 4 nitrogen and oxygen atoms in total. The summed E-state index contributed by atoms with van der Waals surface area (Å²) in [4.78, 5) is 11.6. The van der Waals surface area contributed by atoms with Crippen LogP contribution in [-0.4, -0.2) is 23.1 Å². The highest BCUT2D eigenvalue weighted by molar-refractivity contribution is 5.81. The van der Waals surface area contributed by atoms with Gasteiger partial charge in [-0.1, -0.05) is 20.3 Å². The Balaban J connectivity index is 2.24. The van der Waals surface area contributed by atoms with E-state index in [1.807, 2.05) is 42.9 Å². The molecule has 4 heteroatoms. The molecule has 1 rings (SSSR count). The summed E-state index contributed by atoms with van der Waals surface area (Å²) in [5.41, 5.74) is 5.81. The molecular weight excluding hydrogens is 202 g/mol. The summed E-state index contributed by atoms with van der Waals surface area (Å²) in [5.74, 6) is 0.174. The average Bonchev–Trinajstić information content (AvgIpc) is 2.79. The zero-order valence-corrected chi connectivity index (χ0v) is 10.0. The van der Waals surface area contributed by atoms with Gasteiger partial charge in [0.05, 0.1) is 6.04 Å². The first-order chi connectivity index (χ1) is 7.65. The molecular formula is C12H21N3O. The maximum atomic E-state index is 11.6. The highest BCUT2D eigenvalue weighted by Gasteiger charge is 2.18. The van der Waals surface area contributed by atoms with Gasteiger partial charge in [-0.15, -0.1) is 0 Å². The predicted molar refractivity (Wildman–Crippen MR) is 64.9 cm³/mol. The molecule has 0 aromatic carbocycles. The standard InChI is InChI=1S/C12H21N3O/c1-3-10(2)11(13)12(16)14-6-9-15-7-4-5-8-15/h4-5,7-8,10-11H,3,6,9,13H2,1-2H3,(H,14,16)/t10?,11-/m0/s1. The van der Waals surface area contributed by atoms with E-state index >= 15 is 0 Å². The zero-order valence-electron chi connectivity index (χ0n) is 10.0. The van der Waals surface area contributed by atoms with Gasteiger partial charge in [-0.3, -0.25) is 4.79 Å². The largest absolute Gasteiger partial charge is 0.353 e. The Hall–Kier alpha value is -1.29. The van der Waals surface area contributed by atoms with Crippen molar-refractivity contribution >= 4 is 5.91 Å². The van der Waals surface area contributed by atoms with E-state index in [0.29, 0.717) is 6.54 Å². The maximum Gasteiger partial charge on any atom is 0.237 e. The van der Waals surface area contributed by atoms with Crippen molar-refractivity contribution in [2.75, 3.05) is 6.54 Å². The minimum absolute atomic E-state index is 0.0542. The molecule has 0 saturated carbocycles. The summed E-state index contributed by atoms with van der Waals surface area (Å²) in [6.45, 7) is 5.44. The quantitative estimate of drug-likeness (QED) is 0.755. The van der Waals surface area contributed by atoms with E-state index < -0.39 is 6.04 Å². The van der Waals surface area contributed by atoms with Crippen molar-refractivity contribution < 1.29 is 4.79 Å². The van der Waals surface area contributed by atoms with Gasteiger partial charge in [-0.05, 0) is 18.1 Å². The van der Waals surface area contributed by atoms with Crippen molar-refractivity contribution in [3.05, 3.63) is 24.5 Å². The second kappa shape index (κ2) is 6.33. The zero-order chi connectivity index (χ0) is 12.0. The van der Waals surface area contributed by atoms with Gasteiger partial charge < -0.3 is 15.6 Å². The lowest BCUT2D eigenvalue weighted by atomic mass is 9.99. The van der Waals surface area contributed by atoms with Gasteiger partial charge >= 0.3 is 0 Å². The number of carbonyl (C=O) groups is 1. The number of carbonyl (C=O) groups excluding carboxylic acids is 1. The fourth-order valence-corrected chi connectivity index (χ4v) is 1.46. The maximum absolute atomic E-state index is 11.6. The number of amides is 1. The Kier molecular flexibility index (Phi) is 5.05. The SMILES string of the molecule is CCC(C)[C@H](N)C(=O)NCCn1cccc1. The Labute approximate surface area is 96.8 Å². The van der Waals surface area contributed by atoms with Crippen LogP contribution in [0.3, 0.4) is 0 Å². The van der Waals surface area contributed by atoms with Crippen LogP contribution in [-0.2, 0) is 11.3 Å². The van der Waals surface area contributed by atoms with Crippen LogP contribution in [0.2, 0.25) is 0 Å². The van der Waals surface area contributed by atoms with E-state index in [-0.39, 0.29) is 11.8 Å². The fourth-order valence-electron chi connectivity index (χ4n) is 1.46. The third-order valence-electron chi connectivity index (χ3n) is 2.90. The topological polar surface area (TPSA) is 60.1 Å². The lowest BCUT2D eigenvalue weighted by Crippen LogP contribution is -2.45. The Morgan fingerprint density at radius 2 is 2.06 bits per heavy atom. The summed E-state index contributed by atoms with van der Waals surface area (Å²) in [7, 11) is 0. The number of nitrogens with zero attached hydrogens (tertiary/aromatic N) is 1. The van der Waals surface area contributed by atoms with Gasteiger partial charge in [0.25, 0.3) is 0 Å². The molecule has 0 spiro atoms. The molecule has 2 atom stereocenters. The first-order valence-corrected chi connectivity index (χ1v) is 5.79. The summed E-state index contributed by atoms with van der Waals surface area (Å²) >= 11 is 0. The van der Waals surface area contributed by atoms with Gasteiger partial charge in [-0.25, -0.2) is 0 Å². The monoisotopic (exact) mass is 223 g/mol.